The van der Waals surface area contributed by atoms with Crippen LogP contribution in [0.15, 0.2) is 6.20 Å². The first kappa shape index (κ1) is 11.6. The molecule has 6 heteroatoms. The summed E-state index contributed by atoms with van der Waals surface area (Å²) in [6.45, 7) is 0.763. The number of carbonyl (C=O) groups excluding carboxylic acids is 1. The zero-order valence-corrected chi connectivity index (χ0v) is 10.2. The van der Waals surface area contributed by atoms with E-state index in [0.717, 1.165) is 38.6 Å². The number of likely N-dealkylation sites (tertiary alicyclic amines) is 1. The number of amides is 1. The molecule has 1 aromatic rings. The van der Waals surface area contributed by atoms with Gasteiger partial charge in [0.1, 0.15) is 0 Å². The maximum atomic E-state index is 12.3. The molecule has 2 fully saturated rings. The number of nitrogens with zero attached hydrogens (tertiary/aromatic N) is 3. The fourth-order valence-corrected chi connectivity index (χ4v) is 3.36. The van der Waals surface area contributed by atoms with E-state index in [1.54, 1.807) is 0 Å². The molecule has 0 radical (unpaired) electrons. The van der Waals surface area contributed by atoms with E-state index >= 15 is 0 Å². The predicted octanol–water partition coefficient (Wildman–Crippen LogP) is 0.570. The highest BCUT2D eigenvalue weighted by Crippen LogP contribution is 2.36. The maximum absolute atomic E-state index is 12.3. The van der Waals surface area contributed by atoms with Crippen LogP contribution in [0.5, 0.6) is 0 Å². The van der Waals surface area contributed by atoms with Gasteiger partial charge in [0.25, 0.3) is 5.91 Å². The van der Waals surface area contributed by atoms with E-state index in [1.165, 1.54) is 6.20 Å². The van der Waals surface area contributed by atoms with Crippen molar-refractivity contribution in [2.75, 3.05) is 6.54 Å². The summed E-state index contributed by atoms with van der Waals surface area (Å²) in [5, 5.41) is 20.0. The van der Waals surface area contributed by atoms with Crippen LogP contribution in [0.4, 0.5) is 0 Å². The minimum Gasteiger partial charge on any atom is -0.393 e. The molecule has 2 N–H and O–H groups in total. The zero-order chi connectivity index (χ0) is 12.5. The minimum atomic E-state index is -0.249. The van der Waals surface area contributed by atoms with Crippen LogP contribution in [0.3, 0.4) is 0 Å². The average molecular weight is 250 g/mol. The standard InChI is InChI=1S/C12H18N4O2/c17-11-5-1-3-8(11)10-4-2-6-16(10)12(18)9-7-13-15-14-9/h7-8,10-11,17H,1-6H2,(H,13,14,15). The number of aliphatic hydroxyl groups excluding tert-OH is 1. The summed E-state index contributed by atoms with van der Waals surface area (Å²) in [6.07, 6.45) is 6.17. The second-order valence-electron chi connectivity index (χ2n) is 5.23. The molecule has 98 valence electrons. The highest BCUT2D eigenvalue weighted by Gasteiger charge is 2.40. The molecule has 1 aliphatic heterocycles. The van der Waals surface area contributed by atoms with Crippen molar-refractivity contribution < 1.29 is 9.90 Å². The normalized spacial score (nSPS) is 32.1. The molecule has 1 amide bonds. The number of H-pyrrole nitrogens is 1. The van der Waals surface area contributed by atoms with Crippen molar-refractivity contribution in [1.29, 1.82) is 0 Å². The van der Waals surface area contributed by atoms with Gasteiger partial charge in [0.2, 0.25) is 0 Å². The maximum Gasteiger partial charge on any atom is 0.276 e. The molecule has 6 nitrogen and oxygen atoms in total. The molecule has 18 heavy (non-hydrogen) atoms. The summed E-state index contributed by atoms with van der Waals surface area (Å²) in [6, 6.07) is 0.173. The lowest BCUT2D eigenvalue weighted by molar-refractivity contribution is 0.0523. The highest BCUT2D eigenvalue weighted by molar-refractivity contribution is 5.92. The number of rotatable bonds is 2. The van der Waals surface area contributed by atoms with Crippen molar-refractivity contribution >= 4 is 5.91 Å². The third-order valence-electron chi connectivity index (χ3n) is 4.22. The molecule has 1 saturated carbocycles. The number of aromatic nitrogens is 3. The topological polar surface area (TPSA) is 82.1 Å². The van der Waals surface area contributed by atoms with Crippen LogP contribution in [0.2, 0.25) is 0 Å². The molecule has 3 atom stereocenters. The predicted molar refractivity (Wildman–Crippen MR) is 63.8 cm³/mol. The number of nitrogens with one attached hydrogen (secondary N) is 1. The zero-order valence-electron chi connectivity index (χ0n) is 10.2. The van der Waals surface area contributed by atoms with Crippen molar-refractivity contribution in [1.82, 2.24) is 20.3 Å². The van der Waals surface area contributed by atoms with Crippen LogP contribution in [0.25, 0.3) is 0 Å². The van der Waals surface area contributed by atoms with Gasteiger partial charge in [-0.25, -0.2) is 0 Å². The Kier molecular flexibility index (Phi) is 3.03. The molecule has 2 heterocycles. The fourth-order valence-electron chi connectivity index (χ4n) is 3.36. The van der Waals surface area contributed by atoms with E-state index in [0.29, 0.717) is 5.69 Å². The van der Waals surface area contributed by atoms with Gasteiger partial charge in [0.15, 0.2) is 5.69 Å². The Morgan fingerprint density at radius 2 is 2.28 bits per heavy atom. The third kappa shape index (κ3) is 1.90. The first-order chi connectivity index (χ1) is 8.77. The van der Waals surface area contributed by atoms with E-state index in [2.05, 4.69) is 15.4 Å². The van der Waals surface area contributed by atoms with Crippen LogP contribution in [0, 0.1) is 5.92 Å². The first-order valence-corrected chi connectivity index (χ1v) is 6.62. The van der Waals surface area contributed by atoms with E-state index in [9.17, 15) is 9.90 Å². The Morgan fingerprint density at radius 3 is 2.94 bits per heavy atom. The van der Waals surface area contributed by atoms with E-state index < -0.39 is 0 Å². The summed E-state index contributed by atoms with van der Waals surface area (Å²) in [5.74, 6) is 0.175. The molecule has 1 aliphatic carbocycles. The summed E-state index contributed by atoms with van der Waals surface area (Å²) >= 11 is 0. The lowest BCUT2D eigenvalue weighted by atomic mass is 9.94. The summed E-state index contributed by atoms with van der Waals surface area (Å²) in [7, 11) is 0. The Balaban J connectivity index is 1.77. The average Bonchev–Trinajstić information content (AvgIpc) is 3.09. The molecular formula is C12H18N4O2. The van der Waals surface area contributed by atoms with Gasteiger partial charge < -0.3 is 10.0 Å². The first-order valence-electron chi connectivity index (χ1n) is 6.62. The number of carbonyl (C=O) groups is 1. The molecule has 3 unspecified atom stereocenters. The lowest BCUT2D eigenvalue weighted by Gasteiger charge is -2.30. The quantitative estimate of drug-likeness (QED) is 0.804. The largest absolute Gasteiger partial charge is 0.393 e. The second kappa shape index (κ2) is 4.68. The van der Waals surface area contributed by atoms with Crippen LogP contribution < -0.4 is 0 Å². The van der Waals surface area contributed by atoms with Crippen molar-refractivity contribution in [3.8, 4) is 0 Å². The smallest absolute Gasteiger partial charge is 0.276 e. The molecule has 1 aromatic heterocycles. The van der Waals surface area contributed by atoms with Gasteiger partial charge in [-0.2, -0.15) is 15.4 Å². The molecule has 2 aliphatic rings. The van der Waals surface area contributed by atoms with Crippen molar-refractivity contribution in [3.05, 3.63) is 11.9 Å². The fraction of sp³-hybridized carbons (Fsp3) is 0.750. The van der Waals surface area contributed by atoms with Crippen molar-refractivity contribution in [3.63, 3.8) is 0 Å². The van der Waals surface area contributed by atoms with Crippen LogP contribution in [-0.4, -0.2) is 50.0 Å². The molecule has 1 saturated heterocycles. The van der Waals surface area contributed by atoms with Gasteiger partial charge in [-0.05, 0) is 25.7 Å². The monoisotopic (exact) mass is 250 g/mol. The molecule has 0 bridgehead atoms. The minimum absolute atomic E-state index is 0.0645. The third-order valence-corrected chi connectivity index (χ3v) is 4.22. The molecule has 0 aromatic carbocycles. The van der Waals surface area contributed by atoms with Gasteiger partial charge in [-0.1, -0.05) is 6.42 Å². The van der Waals surface area contributed by atoms with Crippen LogP contribution >= 0.6 is 0 Å². The number of hydrogen-bond acceptors (Lipinski definition) is 4. The van der Waals surface area contributed by atoms with Gasteiger partial charge in [-0.15, -0.1) is 0 Å². The van der Waals surface area contributed by atoms with Gasteiger partial charge in [-0.3, -0.25) is 4.79 Å². The van der Waals surface area contributed by atoms with Crippen molar-refractivity contribution in [2.45, 2.75) is 44.2 Å². The summed E-state index contributed by atoms with van der Waals surface area (Å²) in [4.78, 5) is 14.2. The molecule has 0 spiro atoms. The summed E-state index contributed by atoms with van der Waals surface area (Å²) in [5.41, 5.74) is 0.370. The van der Waals surface area contributed by atoms with E-state index in [-0.39, 0.29) is 24.0 Å². The molecule has 3 rings (SSSR count). The van der Waals surface area contributed by atoms with Crippen LogP contribution in [-0.2, 0) is 0 Å². The Bertz CT molecular complexity index is 420. The van der Waals surface area contributed by atoms with Crippen molar-refractivity contribution in [2.24, 2.45) is 5.92 Å². The number of hydrogen-bond donors (Lipinski definition) is 2. The number of aromatic amines is 1. The summed E-state index contributed by atoms with van der Waals surface area (Å²) < 4.78 is 0. The number of aliphatic hydroxyl groups is 1. The van der Waals surface area contributed by atoms with Gasteiger partial charge in [0.05, 0.1) is 12.3 Å². The SMILES string of the molecule is O=C(c1cn[nH]n1)N1CCCC1C1CCCC1O. The lowest BCUT2D eigenvalue weighted by Crippen LogP contribution is -2.42. The van der Waals surface area contributed by atoms with Gasteiger partial charge >= 0.3 is 0 Å². The van der Waals surface area contributed by atoms with Crippen LogP contribution in [0.1, 0.15) is 42.6 Å². The Labute approximate surface area is 105 Å². The molecular weight excluding hydrogens is 232 g/mol. The highest BCUT2D eigenvalue weighted by atomic mass is 16.3. The van der Waals surface area contributed by atoms with Gasteiger partial charge in [0, 0.05) is 18.5 Å². The van der Waals surface area contributed by atoms with E-state index in [4.69, 9.17) is 0 Å². The Morgan fingerprint density at radius 1 is 1.39 bits per heavy atom. The Hall–Kier alpha value is -1.43. The second-order valence-corrected chi connectivity index (χ2v) is 5.23. The van der Waals surface area contributed by atoms with E-state index in [1.807, 2.05) is 4.90 Å².